The molecule has 0 bridgehead atoms. The van der Waals surface area contributed by atoms with Crippen LogP contribution in [0.3, 0.4) is 0 Å². The highest BCUT2D eigenvalue weighted by atomic mass is 16.1. The Morgan fingerprint density at radius 3 is 2.68 bits per heavy atom. The molecule has 2 aromatic carbocycles. The van der Waals surface area contributed by atoms with Crippen LogP contribution in [0.4, 0.5) is 11.4 Å². The number of hydrogen-bond donors (Lipinski definition) is 1. The average Bonchev–Trinajstić information content (AvgIpc) is 3.11. The molecule has 0 atom stereocenters. The van der Waals surface area contributed by atoms with E-state index in [-0.39, 0.29) is 12.3 Å². The van der Waals surface area contributed by atoms with Crippen molar-refractivity contribution in [3.05, 3.63) is 78.1 Å². The first-order valence-electron chi connectivity index (χ1n) is 7.89. The third-order valence-corrected chi connectivity index (χ3v) is 4.10. The highest BCUT2D eigenvalue weighted by Gasteiger charge is 2.19. The van der Waals surface area contributed by atoms with Crippen molar-refractivity contribution >= 4 is 23.0 Å². The van der Waals surface area contributed by atoms with Crippen LogP contribution in [0.2, 0.25) is 0 Å². The summed E-state index contributed by atoms with van der Waals surface area (Å²) in [6, 6.07) is 19.0. The third kappa shape index (κ3) is 2.81. The molecular weight excluding hydrogens is 312 g/mol. The molecule has 0 fully saturated rings. The Hall–Kier alpha value is -3.65. The zero-order valence-corrected chi connectivity index (χ0v) is 13.3. The zero-order chi connectivity index (χ0) is 17.2. The molecule has 120 valence electrons. The number of aliphatic imine (C=N–C) groups is 1. The van der Waals surface area contributed by atoms with E-state index >= 15 is 0 Å². The quantitative estimate of drug-likeness (QED) is 0.778. The molecule has 2 heterocycles. The fourth-order valence-corrected chi connectivity index (χ4v) is 2.91. The number of carbonyl (C=O) groups excluding carboxylic acids is 1. The summed E-state index contributed by atoms with van der Waals surface area (Å²) >= 11 is 0. The summed E-state index contributed by atoms with van der Waals surface area (Å²) in [5.41, 5.74) is 4.11. The van der Waals surface area contributed by atoms with Crippen molar-refractivity contribution in [3.63, 3.8) is 0 Å². The summed E-state index contributed by atoms with van der Waals surface area (Å²) < 4.78 is 1.97. The number of carbonyl (C=O) groups is 1. The normalized spacial score (nSPS) is 13.2. The maximum absolute atomic E-state index is 12.3. The van der Waals surface area contributed by atoms with Gasteiger partial charge < -0.3 is 9.88 Å². The first-order chi connectivity index (χ1) is 12.2. The second-order valence-electron chi connectivity index (χ2n) is 5.73. The number of nitriles is 1. The Morgan fingerprint density at radius 2 is 1.88 bits per heavy atom. The van der Waals surface area contributed by atoms with Gasteiger partial charge in [-0.1, -0.05) is 18.2 Å². The van der Waals surface area contributed by atoms with Gasteiger partial charge in [0.05, 0.1) is 35.1 Å². The molecule has 0 unspecified atom stereocenters. The topological polar surface area (TPSA) is 70.2 Å². The van der Waals surface area contributed by atoms with E-state index < -0.39 is 0 Å². The van der Waals surface area contributed by atoms with E-state index in [1.165, 1.54) is 0 Å². The van der Waals surface area contributed by atoms with Gasteiger partial charge in [0, 0.05) is 23.6 Å². The van der Waals surface area contributed by atoms with Crippen LogP contribution in [0, 0.1) is 11.3 Å². The lowest BCUT2D eigenvalue weighted by Crippen LogP contribution is -2.15. The maximum Gasteiger partial charge on any atom is 0.230 e. The molecule has 5 nitrogen and oxygen atoms in total. The lowest BCUT2D eigenvalue weighted by molar-refractivity contribution is -0.115. The van der Waals surface area contributed by atoms with Crippen LogP contribution in [0.1, 0.15) is 17.5 Å². The van der Waals surface area contributed by atoms with Crippen LogP contribution in [-0.2, 0) is 4.79 Å². The Morgan fingerprint density at radius 1 is 1.08 bits per heavy atom. The van der Waals surface area contributed by atoms with Crippen molar-refractivity contribution in [1.82, 2.24) is 4.57 Å². The minimum atomic E-state index is -0.144. The Labute approximate surface area is 144 Å². The van der Waals surface area contributed by atoms with Crippen LogP contribution in [-0.4, -0.2) is 16.2 Å². The zero-order valence-electron chi connectivity index (χ0n) is 13.3. The third-order valence-electron chi connectivity index (χ3n) is 4.10. The van der Waals surface area contributed by atoms with E-state index in [9.17, 15) is 10.1 Å². The number of fused-ring (bicyclic) bond motifs is 1. The van der Waals surface area contributed by atoms with Crippen molar-refractivity contribution in [2.75, 3.05) is 5.32 Å². The first kappa shape index (κ1) is 14.9. The predicted octanol–water partition coefficient (Wildman–Crippen LogP) is 3.81. The minimum absolute atomic E-state index is 0.131. The summed E-state index contributed by atoms with van der Waals surface area (Å²) in [6.45, 7) is 0. The summed E-state index contributed by atoms with van der Waals surface area (Å²) in [6.07, 6.45) is 4.02. The van der Waals surface area contributed by atoms with Crippen molar-refractivity contribution in [2.24, 2.45) is 4.99 Å². The predicted molar refractivity (Wildman–Crippen MR) is 96.4 cm³/mol. The summed E-state index contributed by atoms with van der Waals surface area (Å²) in [7, 11) is 0. The molecule has 25 heavy (non-hydrogen) atoms. The van der Waals surface area contributed by atoms with Gasteiger partial charge in [-0.15, -0.1) is 0 Å². The van der Waals surface area contributed by atoms with Gasteiger partial charge in [0.15, 0.2) is 0 Å². The molecule has 3 aromatic rings. The standard InChI is InChI=1S/C20H14N4O/c21-13-14-5-1-2-6-16(14)18-12-20(25)23-19-11-15(7-8-17(19)22-18)24-9-3-4-10-24/h1-11H,12H2,(H,23,25). The van der Waals surface area contributed by atoms with Gasteiger partial charge in [0.1, 0.15) is 0 Å². The number of anilines is 1. The van der Waals surface area contributed by atoms with Crippen LogP contribution in [0.5, 0.6) is 0 Å². The molecule has 5 heteroatoms. The summed E-state index contributed by atoms with van der Waals surface area (Å²) in [5.74, 6) is -0.144. The largest absolute Gasteiger partial charge is 0.324 e. The Kier molecular flexibility index (Phi) is 3.64. The van der Waals surface area contributed by atoms with Gasteiger partial charge in [-0.3, -0.25) is 9.79 Å². The number of nitrogens with one attached hydrogen (secondary N) is 1. The van der Waals surface area contributed by atoms with E-state index in [2.05, 4.69) is 16.4 Å². The van der Waals surface area contributed by atoms with Crippen molar-refractivity contribution in [1.29, 1.82) is 5.26 Å². The maximum atomic E-state index is 12.3. The fraction of sp³-hybridized carbons (Fsp3) is 0.0500. The number of nitrogens with zero attached hydrogens (tertiary/aromatic N) is 3. The second-order valence-corrected chi connectivity index (χ2v) is 5.73. The average molecular weight is 326 g/mol. The molecule has 1 aromatic heterocycles. The van der Waals surface area contributed by atoms with Crippen LogP contribution in [0.15, 0.2) is 72.0 Å². The molecule has 4 rings (SSSR count). The Balaban J connectivity index is 1.82. The van der Waals surface area contributed by atoms with Crippen molar-refractivity contribution in [2.45, 2.75) is 6.42 Å². The van der Waals surface area contributed by atoms with Crippen LogP contribution < -0.4 is 5.32 Å². The number of amides is 1. The van der Waals surface area contributed by atoms with E-state index in [1.54, 1.807) is 12.1 Å². The molecule has 0 saturated heterocycles. The lowest BCUT2D eigenvalue weighted by atomic mass is 10.0. The van der Waals surface area contributed by atoms with Gasteiger partial charge in [0.2, 0.25) is 5.91 Å². The number of hydrogen-bond acceptors (Lipinski definition) is 3. The van der Waals surface area contributed by atoms with Gasteiger partial charge >= 0.3 is 0 Å². The Bertz CT molecular complexity index is 1030. The highest BCUT2D eigenvalue weighted by Crippen LogP contribution is 2.31. The smallest absolute Gasteiger partial charge is 0.230 e. The minimum Gasteiger partial charge on any atom is -0.324 e. The van der Waals surface area contributed by atoms with Gasteiger partial charge in [0.25, 0.3) is 0 Å². The van der Waals surface area contributed by atoms with Gasteiger partial charge in [-0.25, -0.2) is 0 Å². The molecule has 0 saturated carbocycles. The second kappa shape index (κ2) is 6.10. The first-order valence-corrected chi connectivity index (χ1v) is 7.89. The van der Waals surface area contributed by atoms with Gasteiger partial charge in [-0.05, 0) is 36.4 Å². The molecular formula is C20H14N4O. The van der Waals surface area contributed by atoms with E-state index in [1.807, 2.05) is 59.4 Å². The van der Waals surface area contributed by atoms with E-state index in [0.29, 0.717) is 28.2 Å². The highest BCUT2D eigenvalue weighted by molar-refractivity contribution is 6.17. The van der Waals surface area contributed by atoms with E-state index in [4.69, 9.17) is 0 Å². The number of rotatable bonds is 2. The molecule has 0 spiro atoms. The van der Waals surface area contributed by atoms with E-state index in [0.717, 1.165) is 5.69 Å². The SMILES string of the molecule is N#Cc1ccccc1C1=Nc2ccc(-n3cccc3)cc2NC(=O)C1. The monoisotopic (exact) mass is 326 g/mol. The number of aromatic nitrogens is 1. The van der Waals surface area contributed by atoms with Crippen molar-refractivity contribution in [3.8, 4) is 11.8 Å². The summed E-state index contributed by atoms with van der Waals surface area (Å²) in [4.78, 5) is 17.0. The molecule has 1 aliphatic rings. The molecule has 1 amide bonds. The molecule has 1 aliphatic heterocycles. The lowest BCUT2D eigenvalue weighted by Gasteiger charge is -2.08. The fourth-order valence-electron chi connectivity index (χ4n) is 2.91. The van der Waals surface area contributed by atoms with Crippen LogP contribution in [0.25, 0.3) is 5.69 Å². The number of benzene rings is 2. The molecule has 0 aliphatic carbocycles. The molecule has 1 N–H and O–H groups in total. The van der Waals surface area contributed by atoms with Crippen molar-refractivity contribution < 1.29 is 4.79 Å². The molecule has 0 radical (unpaired) electrons. The summed E-state index contributed by atoms with van der Waals surface area (Å²) in [5, 5.41) is 12.2. The van der Waals surface area contributed by atoms with Crippen LogP contribution >= 0.6 is 0 Å². The van der Waals surface area contributed by atoms with Gasteiger partial charge in [-0.2, -0.15) is 5.26 Å².